The van der Waals surface area contributed by atoms with Crippen LogP contribution in [0.25, 0.3) is 22.3 Å². The topological polar surface area (TPSA) is 276 Å². The lowest BCUT2D eigenvalue weighted by Crippen LogP contribution is -2.54. The van der Waals surface area contributed by atoms with E-state index >= 15 is 0 Å². The van der Waals surface area contributed by atoms with Crippen LogP contribution >= 0.6 is 0 Å². The number of hydrogen-bond acceptors (Lipinski definition) is 15. The Labute approximate surface area is 364 Å². The van der Waals surface area contributed by atoms with Crippen molar-refractivity contribution < 1.29 is 43.2 Å². The van der Waals surface area contributed by atoms with E-state index < -0.39 is 47.1 Å². The molecule has 21 heteroatoms. The van der Waals surface area contributed by atoms with E-state index in [1.807, 2.05) is 6.07 Å². The van der Waals surface area contributed by atoms with Crippen molar-refractivity contribution in [3.8, 4) is 28.5 Å². The second-order valence-corrected chi connectivity index (χ2v) is 15.4. The number of rotatable bonds is 16. The molecule has 1 atom stereocenters. The van der Waals surface area contributed by atoms with Crippen molar-refractivity contribution in [2.45, 2.75) is 50.6 Å². The van der Waals surface area contributed by atoms with Crippen molar-refractivity contribution in [2.75, 3.05) is 45.1 Å². The molecule has 64 heavy (non-hydrogen) atoms. The SMILES string of the molecule is Nc1ncnc2c1c(-c1ccc(Oc3ccccc3)c([N+](=O)[O-])c1)nn2C1CCN(CC(=O)NCCCCNC(=O)COc2cccc3c2C(=O)N(C2CCC(=O)NC2=O)C3=O)CC1. The fraction of sp³-hybridized carbons (Fsp3) is 0.326. The number of nitrogens with one attached hydrogen (secondary N) is 3. The van der Waals surface area contributed by atoms with Crippen LogP contribution in [0.2, 0.25) is 0 Å². The van der Waals surface area contributed by atoms with Crippen molar-refractivity contribution in [2.24, 2.45) is 0 Å². The van der Waals surface area contributed by atoms with E-state index in [0.717, 1.165) is 4.90 Å². The molecule has 0 bridgehead atoms. The molecule has 0 radical (unpaired) electrons. The van der Waals surface area contributed by atoms with Gasteiger partial charge in [0.25, 0.3) is 17.7 Å². The number of nitro groups is 1. The Kier molecular flexibility index (Phi) is 12.5. The normalized spacial score (nSPS) is 16.7. The van der Waals surface area contributed by atoms with Crippen LogP contribution in [0.5, 0.6) is 17.2 Å². The van der Waals surface area contributed by atoms with Crippen molar-refractivity contribution in [3.05, 3.63) is 94.3 Å². The molecule has 8 rings (SSSR count). The Hall–Kier alpha value is -7.81. The summed E-state index contributed by atoms with van der Waals surface area (Å²) in [7, 11) is 0. The second kappa shape index (κ2) is 18.7. The molecule has 0 aliphatic carbocycles. The van der Waals surface area contributed by atoms with Crippen molar-refractivity contribution in [3.63, 3.8) is 0 Å². The number of piperidine rings is 2. The van der Waals surface area contributed by atoms with E-state index in [9.17, 15) is 38.9 Å². The number of nitrogens with two attached hydrogens (primary N) is 1. The first-order valence-electron chi connectivity index (χ1n) is 20.7. The number of fused-ring (bicyclic) bond motifs is 2. The number of nitrogen functional groups attached to an aromatic ring is 1. The molecule has 3 aromatic carbocycles. The maximum absolute atomic E-state index is 13.3. The molecule has 5 aromatic rings. The zero-order valence-electron chi connectivity index (χ0n) is 34.4. The number of nitrogens with zero attached hydrogens (tertiary/aromatic N) is 7. The number of aromatic nitrogens is 4. The number of amides is 6. The van der Waals surface area contributed by atoms with Crippen LogP contribution in [0.1, 0.15) is 65.3 Å². The number of nitro benzene ring substituents is 1. The summed E-state index contributed by atoms with van der Waals surface area (Å²) < 4.78 is 13.2. The standard InChI is InChI=1S/C43H43N11O10/c44-39-37-38(25-11-13-31(30(21-25)54(61)62)64-27-7-2-1-3-8-27)50-53(40(37)48-24-47-39)26-15-19-51(20-16-26)22-34(56)45-17-4-5-18-46-35(57)23-63-32-10-6-9-28-36(32)43(60)52(42(28)59)29-12-14-33(55)49-41(29)58/h1-3,6-11,13,21,24,26,29H,4-5,12,14-20,22-23H2,(H,45,56)(H,46,57)(H2,44,47,48)(H,49,55,58). The van der Waals surface area contributed by atoms with E-state index in [-0.39, 0.29) is 65.5 Å². The summed E-state index contributed by atoms with van der Waals surface area (Å²) in [6, 6.07) is 16.6. The summed E-state index contributed by atoms with van der Waals surface area (Å²) in [5, 5.41) is 25.3. The molecule has 2 aromatic heterocycles. The van der Waals surface area contributed by atoms with Gasteiger partial charge in [-0.2, -0.15) is 5.10 Å². The molecule has 21 nitrogen and oxygen atoms in total. The summed E-state index contributed by atoms with van der Waals surface area (Å²) in [4.78, 5) is 98.8. The first kappa shape index (κ1) is 42.9. The summed E-state index contributed by atoms with van der Waals surface area (Å²) in [5.74, 6) is -2.44. The van der Waals surface area contributed by atoms with Crippen LogP contribution in [-0.2, 0) is 19.2 Å². The van der Waals surface area contributed by atoms with E-state index in [0.29, 0.717) is 79.9 Å². The lowest BCUT2D eigenvalue weighted by molar-refractivity contribution is -0.385. The van der Waals surface area contributed by atoms with Crippen LogP contribution in [0.15, 0.2) is 73.1 Å². The maximum Gasteiger partial charge on any atom is 0.312 e. The fourth-order valence-corrected chi connectivity index (χ4v) is 8.05. The quantitative estimate of drug-likeness (QED) is 0.0480. The minimum Gasteiger partial charge on any atom is -0.483 e. The number of imide groups is 2. The minimum atomic E-state index is -1.12. The third-order valence-corrected chi connectivity index (χ3v) is 11.2. The van der Waals surface area contributed by atoms with Gasteiger partial charge in [-0.3, -0.25) is 54.0 Å². The third-order valence-electron chi connectivity index (χ3n) is 11.2. The molecule has 2 saturated heterocycles. The van der Waals surface area contributed by atoms with Gasteiger partial charge in [0.05, 0.1) is 34.0 Å². The molecule has 2 fully saturated rings. The zero-order valence-corrected chi connectivity index (χ0v) is 34.4. The Bertz CT molecular complexity index is 2660. The van der Waals surface area contributed by atoms with Gasteiger partial charge in [0.2, 0.25) is 23.5 Å². The highest BCUT2D eigenvalue weighted by molar-refractivity contribution is 6.24. The van der Waals surface area contributed by atoms with Gasteiger partial charge in [-0.25, -0.2) is 14.6 Å². The van der Waals surface area contributed by atoms with Crippen LogP contribution in [-0.4, -0.2) is 115 Å². The molecule has 0 spiro atoms. The number of likely N-dealkylation sites (tertiary alicyclic amines) is 1. The highest BCUT2D eigenvalue weighted by Crippen LogP contribution is 2.39. The Morgan fingerprint density at radius 1 is 0.891 bits per heavy atom. The summed E-state index contributed by atoms with van der Waals surface area (Å²) in [5.41, 5.74) is 7.46. The Morgan fingerprint density at radius 3 is 2.38 bits per heavy atom. The highest BCUT2D eigenvalue weighted by Gasteiger charge is 2.46. The average molecular weight is 874 g/mol. The first-order valence-corrected chi connectivity index (χ1v) is 20.7. The first-order chi connectivity index (χ1) is 31.0. The number of ether oxygens (including phenoxy) is 2. The van der Waals surface area contributed by atoms with Crippen LogP contribution < -0.4 is 31.2 Å². The number of para-hydroxylation sites is 1. The van der Waals surface area contributed by atoms with Gasteiger partial charge < -0.3 is 25.8 Å². The maximum atomic E-state index is 13.3. The largest absolute Gasteiger partial charge is 0.483 e. The summed E-state index contributed by atoms with van der Waals surface area (Å²) in [6.45, 7) is 1.70. The Morgan fingerprint density at radius 2 is 1.64 bits per heavy atom. The van der Waals surface area contributed by atoms with E-state index in [4.69, 9.17) is 20.3 Å². The van der Waals surface area contributed by atoms with Crippen LogP contribution in [0, 0.1) is 10.1 Å². The molecule has 6 amide bonds. The van der Waals surface area contributed by atoms with Gasteiger partial charge in [-0.1, -0.05) is 24.3 Å². The number of carbonyl (C=O) groups is 6. The number of unbranched alkanes of at least 4 members (excludes halogenated alkanes) is 1. The van der Waals surface area contributed by atoms with Crippen LogP contribution in [0.3, 0.4) is 0 Å². The number of anilines is 1. The highest BCUT2D eigenvalue weighted by atomic mass is 16.6. The molecular weight excluding hydrogens is 831 g/mol. The van der Waals surface area contributed by atoms with E-state index in [1.54, 1.807) is 35.0 Å². The van der Waals surface area contributed by atoms with Gasteiger partial charge in [0, 0.05) is 44.2 Å². The van der Waals surface area contributed by atoms with Crippen LogP contribution in [0.4, 0.5) is 11.5 Å². The molecule has 5 N–H and O–H groups in total. The zero-order chi connectivity index (χ0) is 44.9. The predicted octanol–water partition coefficient (Wildman–Crippen LogP) is 2.91. The average Bonchev–Trinajstić information content (AvgIpc) is 3.80. The fourth-order valence-electron chi connectivity index (χ4n) is 8.05. The lowest BCUT2D eigenvalue weighted by atomic mass is 10.0. The van der Waals surface area contributed by atoms with Crippen molar-refractivity contribution in [1.29, 1.82) is 0 Å². The molecule has 0 saturated carbocycles. The molecular formula is C43H43N11O10. The third kappa shape index (κ3) is 9.05. The second-order valence-electron chi connectivity index (χ2n) is 15.4. The molecule has 3 aliphatic heterocycles. The molecule has 3 aliphatic rings. The molecule has 5 heterocycles. The number of hydrogen-bond donors (Lipinski definition) is 4. The van der Waals surface area contributed by atoms with Crippen molar-refractivity contribution in [1.82, 2.24) is 45.5 Å². The summed E-state index contributed by atoms with van der Waals surface area (Å²) in [6.07, 6.45) is 3.84. The number of benzene rings is 3. The van der Waals surface area contributed by atoms with E-state index in [1.165, 1.54) is 36.7 Å². The van der Waals surface area contributed by atoms with Gasteiger partial charge >= 0.3 is 5.69 Å². The Balaban J connectivity index is 0.773. The smallest absolute Gasteiger partial charge is 0.312 e. The van der Waals surface area contributed by atoms with Gasteiger partial charge in [0.1, 0.15) is 35.4 Å². The monoisotopic (exact) mass is 873 g/mol. The van der Waals surface area contributed by atoms with Gasteiger partial charge in [-0.05, 0) is 68.5 Å². The minimum absolute atomic E-state index is 0.00700. The molecule has 330 valence electrons. The molecule has 1 unspecified atom stereocenters. The summed E-state index contributed by atoms with van der Waals surface area (Å²) >= 11 is 0. The van der Waals surface area contributed by atoms with Gasteiger partial charge in [0.15, 0.2) is 12.3 Å². The predicted molar refractivity (Wildman–Crippen MR) is 227 cm³/mol. The number of carbonyl (C=O) groups excluding carboxylic acids is 6. The van der Waals surface area contributed by atoms with E-state index in [2.05, 4.69) is 30.8 Å². The van der Waals surface area contributed by atoms with Crippen molar-refractivity contribution >= 4 is 58.0 Å². The lowest BCUT2D eigenvalue weighted by Gasteiger charge is -2.31. The van der Waals surface area contributed by atoms with Gasteiger partial charge in [-0.15, -0.1) is 0 Å².